The third-order valence-electron chi connectivity index (χ3n) is 2.73. The van der Waals surface area contributed by atoms with Gasteiger partial charge in [-0.25, -0.2) is 8.78 Å². The molecule has 0 fully saturated rings. The molecule has 0 aromatic rings. The van der Waals surface area contributed by atoms with Crippen LogP contribution in [0.15, 0.2) is 0 Å². The summed E-state index contributed by atoms with van der Waals surface area (Å²) in [6.45, 7) is 1.46. The van der Waals surface area contributed by atoms with Gasteiger partial charge in [-0.05, 0) is 26.7 Å². The fourth-order valence-electron chi connectivity index (χ4n) is 1.38. The summed E-state index contributed by atoms with van der Waals surface area (Å²) in [6, 6.07) is 0. The van der Waals surface area contributed by atoms with Crippen molar-refractivity contribution in [2.24, 2.45) is 5.41 Å². The SMILES string of the molecule is CC(C)(CCCCCO)C(=O)OCC(F)(F)C(F)F. The number of ether oxygens (including phenoxy) is 1. The zero-order valence-electron chi connectivity index (χ0n) is 11.1. The normalized spacial score (nSPS) is 12.8. The molecular formula is C12H20F4O3. The predicted molar refractivity (Wildman–Crippen MR) is 61.2 cm³/mol. The second-order valence-electron chi connectivity index (χ2n) is 5.06. The Morgan fingerprint density at radius 3 is 2.26 bits per heavy atom. The van der Waals surface area contributed by atoms with E-state index < -0.39 is 30.3 Å². The number of aliphatic hydroxyl groups is 1. The van der Waals surface area contributed by atoms with E-state index in [0.29, 0.717) is 25.7 Å². The van der Waals surface area contributed by atoms with Crippen molar-refractivity contribution < 1.29 is 32.2 Å². The fraction of sp³-hybridized carbons (Fsp3) is 0.917. The highest BCUT2D eigenvalue weighted by Gasteiger charge is 2.43. The lowest BCUT2D eigenvalue weighted by Gasteiger charge is -2.24. The topological polar surface area (TPSA) is 46.5 Å². The molecule has 0 spiro atoms. The largest absolute Gasteiger partial charge is 0.459 e. The Hall–Kier alpha value is -0.850. The summed E-state index contributed by atoms with van der Waals surface area (Å²) >= 11 is 0. The summed E-state index contributed by atoms with van der Waals surface area (Å²) in [4.78, 5) is 11.5. The highest BCUT2D eigenvalue weighted by atomic mass is 19.3. The van der Waals surface area contributed by atoms with Gasteiger partial charge >= 0.3 is 18.3 Å². The van der Waals surface area contributed by atoms with Crippen LogP contribution in [0.3, 0.4) is 0 Å². The van der Waals surface area contributed by atoms with E-state index in [4.69, 9.17) is 5.11 Å². The summed E-state index contributed by atoms with van der Waals surface area (Å²) in [5.74, 6) is -5.24. The summed E-state index contributed by atoms with van der Waals surface area (Å²) in [5.41, 5.74) is -1.01. The molecule has 0 heterocycles. The standard InChI is InChI=1S/C12H20F4O3/c1-11(2,6-4-3-5-7-17)10(18)19-8-12(15,16)9(13)14/h9,17H,3-8H2,1-2H3. The van der Waals surface area contributed by atoms with E-state index in [2.05, 4.69) is 4.74 Å². The number of carbonyl (C=O) groups excluding carboxylic acids is 1. The summed E-state index contributed by atoms with van der Waals surface area (Å²) in [5, 5.41) is 8.58. The van der Waals surface area contributed by atoms with Crippen molar-refractivity contribution >= 4 is 5.97 Å². The molecule has 0 aromatic carbocycles. The number of carbonyl (C=O) groups is 1. The molecule has 0 aliphatic rings. The minimum Gasteiger partial charge on any atom is -0.459 e. The van der Waals surface area contributed by atoms with Crippen LogP contribution in [0, 0.1) is 5.41 Å². The molecule has 0 radical (unpaired) electrons. The molecule has 19 heavy (non-hydrogen) atoms. The Bertz CT molecular complexity index is 280. The van der Waals surface area contributed by atoms with E-state index in [1.54, 1.807) is 0 Å². The number of aliphatic hydroxyl groups excluding tert-OH is 1. The quantitative estimate of drug-likeness (QED) is 0.403. The molecule has 0 aliphatic heterocycles. The van der Waals surface area contributed by atoms with E-state index in [9.17, 15) is 22.4 Å². The van der Waals surface area contributed by atoms with Crippen LogP contribution in [0.1, 0.15) is 39.5 Å². The lowest BCUT2D eigenvalue weighted by Crippen LogP contribution is -2.36. The van der Waals surface area contributed by atoms with Crippen molar-refractivity contribution in [3.8, 4) is 0 Å². The van der Waals surface area contributed by atoms with Crippen molar-refractivity contribution in [2.75, 3.05) is 13.2 Å². The fourth-order valence-corrected chi connectivity index (χ4v) is 1.38. The van der Waals surface area contributed by atoms with Gasteiger partial charge < -0.3 is 9.84 Å². The molecule has 114 valence electrons. The van der Waals surface area contributed by atoms with Crippen molar-refractivity contribution in [3.05, 3.63) is 0 Å². The Balaban J connectivity index is 4.17. The van der Waals surface area contributed by atoms with Gasteiger partial charge in [0.1, 0.15) is 0 Å². The molecule has 1 N–H and O–H groups in total. The first-order valence-corrected chi connectivity index (χ1v) is 6.07. The first-order valence-electron chi connectivity index (χ1n) is 6.07. The van der Waals surface area contributed by atoms with E-state index in [1.165, 1.54) is 13.8 Å². The van der Waals surface area contributed by atoms with Gasteiger partial charge in [-0.15, -0.1) is 0 Å². The van der Waals surface area contributed by atoms with Crippen LogP contribution < -0.4 is 0 Å². The Kier molecular flexibility index (Phi) is 7.33. The van der Waals surface area contributed by atoms with Crippen LogP contribution >= 0.6 is 0 Å². The second-order valence-corrected chi connectivity index (χ2v) is 5.06. The highest BCUT2D eigenvalue weighted by Crippen LogP contribution is 2.28. The lowest BCUT2D eigenvalue weighted by molar-refractivity contribution is -0.186. The number of unbranched alkanes of at least 4 members (excludes halogenated alkanes) is 2. The molecule has 0 atom stereocenters. The summed E-state index contributed by atoms with van der Waals surface area (Å²) in [6.07, 6.45) is -1.57. The maximum atomic E-state index is 12.6. The van der Waals surface area contributed by atoms with Crippen LogP contribution in [-0.4, -0.2) is 36.6 Å². The average molecular weight is 288 g/mol. The van der Waals surface area contributed by atoms with Gasteiger partial charge in [-0.1, -0.05) is 12.8 Å². The predicted octanol–water partition coefficient (Wildman–Crippen LogP) is 3.01. The van der Waals surface area contributed by atoms with Crippen molar-refractivity contribution in [1.29, 1.82) is 0 Å². The third-order valence-corrected chi connectivity index (χ3v) is 2.73. The van der Waals surface area contributed by atoms with E-state index in [0.717, 1.165) is 0 Å². The highest BCUT2D eigenvalue weighted by molar-refractivity contribution is 5.75. The number of hydrogen-bond donors (Lipinski definition) is 1. The van der Waals surface area contributed by atoms with Gasteiger partial charge in [0.2, 0.25) is 0 Å². The molecule has 0 aromatic heterocycles. The third kappa shape index (κ3) is 6.75. The van der Waals surface area contributed by atoms with E-state index in [1.807, 2.05) is 0 Å². The van der Waals surface area contributed by atoms with Crippen LogP contribution in [0.25, 0.3) is 0 Å². The van der Waals surface area contributed by atoms with Gasteiger partial charge in [0, 0.05) is 6.61 Å². The molecule has 0 aliphatic carbocycles. The number of rotatable bonds is 9. The Morgan fingerprint density at radius 2 is 1.79 bits per heavy atom. The maximum absolute atomic E-state index is 12.6. The lowest BCUT2D eigenvalue weighted by atomic mass is 9.87. The van der Waals surface area contributed by atoms with Gasteiger partial charge in [0.25, 0.3) is 0 Å². The van der Waals surface area contributed by atoms with Crippen LogP contribution in [0.5, 0.6) is 0 Å². The molecular weight excluding hydrogens is 268 g/mol. The van der Waals surface area contributed by atoms with Crippen LogP contribution in [0.4, 0.5) is 17.6 Å². The van der Waals surface area contributed by atoms with Gasteiger partial charge in [0.15, 0.2) is 6.61 Å². The Morgan fingerprint density at radius 1 is 1.21 bits per heavy atom. The second kappa shape index (κ2) is 7.67. The van der Waals surface area contributed by atoms with Crippen LogP contribution in [-0.2, 0) is 9.53 Å². The van der Waals surface area contributed by atoms with Crippen molar-refractivity contribution in [1.82, 2.24) is 0 Å². The number of esters is 1. The smallest absolute Gasteiger partial charge is 0.340 e. The molecule has 0 saturated heterocycles. The molecule has 0 unspecified atom stereocenters. The minimum atomic E-state index is -4.32. The molecule has 0 bridgehead atoms. The molecule has 0 saturated carbocycles. The first-order chi connectivity index (χ1) is 8.63. The zero-order valence-corrected chi connectivity index (χ0v) is 11.1. The zero-order chi connectivity index (χ0) is 15.1. The van der Waals surface area contributed by atoms with Gasteiger partial charge in [-0.3, -0.25) is 4.79 Å². The Labute approximate surface area is 109 Å². The number of halogens is 4. The van der Waals surface area contributed by atoms with Crippen LogP contribution in [0.2, 0.25) is 0 Å². The first kappa shape index (κ1) is 18.1. The van der Waals surface area contributed by atoms with E-state index in [-0.39, 0.29) is 6.61 Å². The average Bonchev–Trinajstić information content (AvgIpc) is 2.31. The van der Waals surface area contributed by atoms with E-state index >= 15 is 0 Å². The van der Waals surface area contributed by atoms with Crippen molar-refractivity contribution in [2.45, 2.75) is 51.9 Å². The molecule has 0 rings (SSSR count). The van der Waals surface area contributed by atoms with Gasteiger partial charge in [0.05, 0.1) is 5.41 Å². The summed E-state index contributed by atoms with van der Waals surface area (Å²) < 4.78 is 53.2. The van der Waals surface area contributed by atoms with Gasteiger partial charge in [-0.2, -0.15) is 8.78 Å². The molecule has 7 heteroatoms. The number of hydrogen-bond acceptors (Lipinski definition) is 3. The molecule has 0 amide bonds. The maximum Gasteiger partial charge on any atom is 0.340 e. The summed E-state index contributed by atoms with van der Waals surface area (Å²) in [7, 11) is 0. The minimum absolute atomic E-state index is 0.0471. The van der Waals surface area contributed by atoms with Crippen molar-refractivity contribution in [3.63, 3.8) is 0 Å². The molecule has 3 nitrogen and oxygen atoms in total. The monoisotopic (exact) mass is 288 g/mol. The number of alkyl halides is 4.